The lowest BCUT2D eigenvalue weighted by atomic mass is 10.3. The number of esters is 1. The number of rotatable bonds is 4. The lowest BCUT2D eigenvalue weighted by Crippen LogP contribution is -2.42. The highest BCUT2D eigenvalue weighted by Crippen LogP contribution is 2.34. The van der Waals surface area contributed by atoms with Gasteiger partial charge in [-0.3, -0.25) is 14.5 Å². The van der Waals surface area contributed by atoms with E-state index in [1.807, 2.05) is 11.0 Å². The minimum atomic E-state index is -0.969. The Balaban J connectivity index is 1.76. The van der Waals surface area contributed by atoms with Gasteiger partial charge in [0.15, 0.2) is 5.88 Å². The second-order valence-corrected chi connectivity index (χ2v) is 6.52. The third kappa shape index (κ3) is 3.57. The summed E-state index contributed by atoms with van der Waals surface area (Å²) in [6.45, 7) is 4.20. The number of carbonyl (C=O) groups excluding carboxylic acids is 3. The zero-order valence-electron chi connectivity index (χ0n) is 13.9. The molecule has 2 fully saturated rings. The highest BCUT2D eigenvalue weighted by atomic mass is 32.2. The maximum absolute atomic E-state index is 12.4. The minimum Gasteiger partial charge on any atom is -0.467 e. The molecule has 0 spiro atoms. The molecule has 0 bridgehead atoms. The van der Waals surface area contributed by atoms with Crippen molar-refractivity contribution in [1.82, 2.24) is 4.90 Å². The highest BCUT2D eigenvalue weighted by Gasteiger charge is 2.41. The summed E-state index contributed by atoms with van der Waals surface area (Å²) in [5.41, 5.74) is 0. The molecule has 2 aliphatic heterocycles. The number of imide groups is 1. The van der Waals surface area contributed by atoms with Crippen LogP contribution in [-0.4, -0.2) is 61.5 Å². The SMILES string of the molecule is COC(=O)[C@@H](C)N1C(=O)S/C(=C/c2ccc(N3CCOCC3)o2)C1=O. The Morgan fingerprint density at radius 3 is 2.72 bits per heavy atom. The van der Waals surface area contributed by atoms with Gasteiger partial charge in [0.2, 0.25) is 0 Å². The quantitative estimate of drug-likeness (QED) is 0.588. The maximum Gasteiger partial charge on any atom is 0.328 e. The molecule has 0 aliphatic carbocycles. The number of carbonyl (C=O) groups is 3. The summed E-state index contributed by atoms with van der Waals surface area (Å²) < 4.78 is 15.6. The van der Waals surface area contributed by atoms with Crippen molar-refractivity contribution >= 4 is 40.8 Å². The fraction of sp³-hybridized carbons (Fsp3) is 0.438. The van der Waals surface area contributed by atoms with Gasteiger partial charge in [-0.2, -0.15) is 0 Å². The molecule has 3 heterocycles. The van der Waals surface area contributed by atoms with E-state index in [2.05, 4.69) is 4.74 Å². The molecule has 1 aromatic heterocycles. The van der Waals surface area contributed by atoms with Crippen molar-refractivity contribution in [3.05, 3.63) is 22.8 Å². The van der Waals surface area contributed by atoms with Gasteiger partial charge in [0.1, 0.15) is 11.8 Å². The molecule has 134 valence electrons. The second-order valence-electron chi connectivity index (χ2n) is 5.53. The average Bonchev–Trinajstić information content (AvgIpc) is 3.19. The normalized spacial score (nSPS) is 21.1. The molecule has 2 amide bonds. The van der Waals surface area contributed by atoms with Crippen LogP contribution in [0.25, 0.3) is 6.08 Å². The predicted octanol–water partition coefficient (Wildman–Crippen LogP) is 1.71. The summed E-state index contributed by atoms with van der Waals surface area (Å²) in [4.78, 5) is 39.3. The zero-order chi connectivity index (χ0) is 18.0. The van der Waals surface area contributed by atoms with Gasteiger partial charge in [0, 0.05) is 25.2 Å². The van der Waals surface area contributed by atoms with Gasteiger partial charge in [-0.15, -0.1) is 0 Å². The van der Waals surface area contributed by atoms with Crippen LogP contribution in [0.4, 0.5) is 10.7 Å². The van der Waals surface area contributed by atoms with Crippen LogP contribution >= 0.6 is 11.8 Å². The number of morpholine rings is 1. The first-order chi connectivity index (χ1) is 12.0. The molecule has 0 radical (unpaired) electrons. The molecule has 3 rings (SSSR count). The lowest BCUT2D eigenvalue weighted by Gasteiger charge is -2.26. The Morgan fingerprint density at radius 1 is 1.32 bits per heavy atom. The van der Waals surface area contributed by atoms with Crippen molar-refractivity contribution in [1.29, 1.82) is 0 Å². The van der Waals surface area contributed by atoms with Crippen LogP contribution in [0.15, 0.2) is 21.5 Å². The first-order valence-corrected chi connectivity index (χ1v) is 8.60. The Hall–Kier alpha value is -2.26. The number of methoxy groups -OCH3 is 1. The molecule has 1 aromatic rings. The monoisotopic (exact) mass is 366 g/mol. The van der Waals surface area contributed by atoms with E-state index in [1.54, 1.807) is 6.07 Å². The van der Waals surface area contributed by atoms with E-state index in [9.17, 15) is 14.4 Å². The van der Waals surface area contributed by atoms with Gasteiger partial charge in [-0.05, 0) is 24.8 Å². The summed E-state index contributed by atoms with van der Waals surface area (Å²) in [5.74, 6) is -0.0113. The summed E-state index contributed by atoms with van der Waals surface area (Å²) in [6, 6.07) is 2.59. The van der Waals surface area contributed by atoms with Gasteiger partial charge in [-0.1, -0.05) is 0 Å². The number of furan rings is 1. The molecule has 0 unspecified atom stereocenters. The first kappa shape index (κ1) is 17.6. The van der Waals surface area contributed by atoms with E-state index in [0.717, 1.165) is 29.8 Å². The van der Waals surface area contributed by atoms with E-state index >= 15 is 0 Å². The van der Waals surface area contributed by atoms with Gasteiger partial charge >= 0.3 is 5.97 Å². The molecule has 0 aromatic carbocycles. The predicted molar refractivity (Wildman–Crippen MR) is 91.0 cm³/mol. The van der Waals surface area contributed by atoms with Crippen LogP contribution in [0.3, 0.4) is 0 Å². The topological polar surface area (TPSA) is 89.3 Å². The molecule has 2 aliphatic rings. The molecule has 0 N–H and O–H groups in total. The molecule has 2 saturated heterocycles. The van der Waals surface area contributed by atoms with Crippen LogP contribution in [-0.2, 0) is 19.1 Å². The number of thioether (sulfide) groups is 1. The average molecular weight is 366 g/mol. The van der Waals surface area contributed by atoms with Crippen molar-refractivity contribution in [2.45, 2.75) is 13.0 Å². The Morgan fingerprint density at radius 2 is 2.04 bits per heavy atom. The molecule has 25 heavy (non-hydrogen) atoms. The number of anilines is 1. The fourth-order valence-corrected chi connectivity index (χ4v) is 3.48. The molecule has 8 nitrogen and oxygen atoms in total. The summed E-state index contributed by atoms with van der Waals surface area (Å²) >= 11 is 0.775. The third-order valence-electron chi connectivity index (χ3n) is 3.96. The number of hydrogen-bond donors (Lipinski definition) is 0. The van der Waals surface area contributed by atoms with Crippen molar-refractivity contribution in [3.8, 4) is 0 Å². The van der Waals surface area contributed by atoms with Crippen molar-refractivity contribution in [2.75, 3.05) is 38.3 Å². The number of ether oxygens (including phenoxy) is 2. The van der Waals surface area contributed by atoms with Crippen LogP contribution in [0.5, 0.6) is 0 Å². The number of nitrogens with zero attached hydrogens (tertiary/aromatic N) is 2. The molecule has 1 atom stereocenters. The highest BCUT2D eigenvalue weighted by molar-refractivity contribution is 8.18. The Kier molecular flexibility index (Phi) is 5.14. The standard InChI is InChI=1S/C16H18N2O6S/c1-10(15(20)22-2)18-14(19)12(25-16(18)21)9-11-3-4-13(24-11)17-5-7-23-8-6-17/h3-4,9-10H,5-8H2,1-2H3/b12-9+/t10-/m1/s1. The molecule has 9 heteroatoms. The van der Waals surface area contributed by atoms with Crippen LogP contribution in [0.1, 0.15) is 12.7 Å². The Bertz CT molecular complexity index is 722. The summed E-state index contributed by atoms with van der Waals surface area (Å²) in [7, 11) is 1.21. The first-order valence-electron chi connectivity index (χ1n) is 7.78. The van der Waals surface area contributed by atoms with E-state index in [-0.39, 0.29) is 4.91 Å². The second kappa shape index (κ2) is 7.32. The smallest absolute Gasteiger partial charge is 0.328 e. The van der Waals surface area contributed by atoms with Crippen molar-refractivity contribution < 1.29 is 28.3 Å². The fourth-order valence-electron chi connectivity index (χ4n) is 2.59. The van der Waals surface area contributed by atoms with E-state index in [4.69, 9.17) is 9.15 Å². The maximum atomic E-state index is 12.4. The number of hydrogen-bond acceptors (Lipinski definition) is 8. The van der Waals surface area contributed by atoms with Crippen LogP contribution < -0.4 is 4.90 Å². The number of amides is 2. The van der Waals surface area contributed by atoms with Gasteiger partial charge in [-0.25, -0.2) is 4.79 Å². The van der Waals surface area contributed by atoms with E-state index < -0.39 is 23.2 Å². The Labute approximate surface area is 148 Å². The molecule has 0 saturated carbocycles. The van der Waals surface area contributed by atoms with Gasteiger partial charge < -0.3 is 18.8 Å². The zero-order valence-corrected chi connectivity index (χ0v) is 14.7. The largest absolute Gasteiger partial charge is 0.467 e. The summed E-state index contributed by atoms with van der Waals surface area (Å²) in [5, 5.41) is -0.505. The molecular formula is C16H18N2O6S. The van der Waals surface area contributed by atoms with Crippen LogP contribution in [0.2, 0.25) is 0 Å². The lowest BCUT2D eigenvalue weighted by molar-refractivity contribution is -0.148. The van der Waals surface area contributed by atoms with Gasteiger partial charge in [0.05, 0.1) is 25.2 Å². The van der Waals surface area contributed by atoms with Crippen molar-refractivity contribution in [2.24, 2.45) is 0 Å². The van der Waals surface area contributed by atoms with Gasteiger partial charge in [0.25, 0.3) is 11.1 Å². The van der Waals surface area contributed by atoms with Crippen LogP contribution in [0, 0.1) is 0 Å². The van der Waals surface area contributed by atoms with E-state index in [0.29, 0.717) is 24.9 Å². The third-order valence-corrected chi connectivity index (χ3v) is 4.85. The van der Waals surface area contributed by atoms with E-state index in [1.165, 1.54) is 20.1 Å². The molecular weight excluding hydrogens is 348 g/mol. The minimum absolute atomic E-state index is 0.212. The summed E-state index contributed by atoms with van der Waals surface area (Å²) in [6.07, 6.45) is 1.51. The van der Waals surface area contributed by atoms with Crippen molar-refractivity contribution in [3.63, 3.8) is 0 Å².